The molecule has 0 nitrogen and oxygen atoms in total. The highest BCUT2D eigenvalue weighted by atomic mass is 13.4. The van der Waals surface area contributed by atoms with E-state index in [-0.39, 0.29) is 0 Å². The topological polar surface area (TPSA) is 0 Å². The van der Waals surface area contributed by atoms with Gasteiger partial charge in [-0.1, -0.05) is 6.92 Å². The molecule has 0 N–H and O–H groups in total. The zero-order valence-corrected chi connectivity index (χ0v) is 2.91. The lowest BCUT2D eigenvalue weighted by atomic mass is 10.0. The zero-order valence-electron chi connectivity index (χ0n) is 2.91. The first-order valence-electron chi connectivity index (χ1n) is 1.21. The SMILES string of the molecule is [BH]C(=C)C. The van der Waals surface area contributed by atoms with Crippen LogP contribution in [0.1, 0.15) is 6.92 Å². The van der Waals surface area contributed by atoms with Gasteiger partial charge in [-0.2, -0.15) is 0 Å². The van der Waals surface area contributed by atoms with Crippen LogP contribution in [-0.4, -0.2) is 7.85 Å². The fourth-order valence-electron chi connectivity index (χ4n) is 0. The first-order chi connectivity index (χ1) is 1.73. The molecule has 0 aliphatic rings. The van der Waals surface area contributed by atoms with Crippen molar-refractivity contribution in [2.75, 3.05) is 0 Å². The van der Waals surface area contributed by atoms with Gasteiger partial charge in [-0.05, 0) is 0 Å². The molecule has 0 fully saturated rings. The van der Waals surface area contributed by atoms with Gasteiger partial charge < -0.3 is 0 Å². The van der Waals surface area contributed by atoms with Crippen LogP contribution in [0.3, 0.4) is 0 Å². The van der Waals surface area contributed by atoms with Gasteiger partial charge in [0.15, 0.2) is 0 Å². The van der Waals surface area contributed by atoms with Gasteiger partial charge in [0.25, 0.3) is 0 Å². The normalized spacial score (nSPS) is 6.25. The Hall–Kier alpha value is -0.195. The molecule has 1 heteroatoms. The van der Waals surface area contributed by atoms with E-state index in [1.54, 1.807) is 0 Å². The van der Waals surface area contributed by atoms with Crippen molar-refractivity contribution in [1.29, 1.82) is 0 Å². The van der Waals surface area contributed by atoms with Crippen LogP contribution in [0.5, 0.6) is 0 Å². The largest absolute Gasteiger partial charge is 0.124 e. The third-order valence-electron chi connectivity index (χ3n) is 0. The summed E-state index contributed by atoms with van der Waals surface area (Å²) in [5.74, 6) is 0. The molecule has 21 valence electrons. The molecule has 0 atom stereocenters. The lowest BCUT2D eigenvalue weighted by molar-refractivity contribution is 1.72. The van der Waals surface area contributed by atoms with Gasteiger partial charge in [-0.25, -0.2) is 0 Å². The molecule has 0 aromatic rings. The maximum absolute atomic E-state index is 3.44. The van der Waals surface area contributed by atoms with Crippen molar-refractivity contribution in [3.8, 4) is 0 Å². The second kappa shape index (κ2) is 1.16. The molecule has 4 heavy (non-hydrogen) atoms. The monoisotopic (exact) mass is 53.1 g/mol. The Morgan fingerprint density at radius 2 is 2.00 bits per heavy atom. The smallest absolute Gasteiger partial charge is 0.122 e. The van der Waals surface area contributed by atoms with Gasteiger partial charge in [0.05, 0.1) is 0 Å². The van der Waals surface area contributed by atoms with Crippen molar-refractivity contribution in [3.05, 3.63) is 12.1 Å². The Morgan fingerprint density at radius 3 is 2.00 bits per heavy atom. The fraction of sp³-hybridized carbons (Fsp3) is 0.333. The average Bonchev–Trinajstić information content (AvgIpc) is 0.811. The molecule has 0 aliphatic heterocycles. The molecule has 0 rings (SSSR count). The Kier molecular flexibility index (Phi) is 1.10. The van der Waals surface area contributed by atoms with Gasteiger partial charge in [-0.3, -0.25) is 0 Å². The van der Waals surface area contributed by atoms with Crippen LogP contribution in [0, 0.1) is 0 Å². The molecular weight excluding hydrogens is 46.8 g/mol. The van der Waals surface area contributed by atoms with Crippen LogP contribution in [0.4, 0.5) is 0 Å². The van der Waals surface area contributed by atoms with Gasteiger partial charge in [-0.15, -0.1) is 12.1 Å². The quantitative estimate of drug-likeness (QED) is 0.351. The van der Waals surface area contributed by atoms with Crippen LogP contribution in [0.15, 0.2) is 12.1 Å². The number of hydrogen-bond donors (Lipinski definition) is 0. The molecule has 0 bridgehead atoms. The summed E-state index contributed by atoms with van der Waals surface area (Å²) in [6.07, 6.45) is 0. The third-order valence-corrected chi connectivity index (χ3v) is 0. The average molecular weight is 52.9 g/mol. The number of hydrogen-bond acceptors (Lipinski definition) is 0. The van der Waals surface area contributed by atoms with E-state index in [1.165, 1.54) is 0 Å². The van der Waals surface area contributed by atoms with Gasteiger partial charge in [0, 0.05) is 0 Å². The molecule has 0 saturated heterocycles. The van der Waals surface area contributed by atoms with Crippen LogP contribution >= 0.6 is 0 Å². The van der Waals surface area contributed by atoms with E-state index in [1.807, 2.05) is 6.92 Å². The van der Waals surface area contributed by atoms with Crippen LogP contribution in [0.25, 0.3) is 0 Å². The maximum Gasteiger partial charge on any atom is 0.122 e. The van der Waals surface area contributed by atoms with Crippen LogP contribution in [0.2, 0.25) is 0 Å². The summed E-state index contributed by atoms with van der Waals surface area (Å²) in [4.78, 5) is 0. The predicted molar refractivity (Wildman–Crippen MR) is 22.0 cm³/mol. The van der Waals surface area contributed by atoms with Gasteiger partial charge in [0.1, 0.15) is 7.85 Å². The molecule has 0 aliphatic carbocycles. The van der Waals surface area contributed by atoms with Crippen molar-refractivity contribution in [2.24, 2.45) is 0 Å². The van der Waals surface area contributed by atoms with Crippen LogP contribution < -0.4 is 0 Å². The Morgan fingerprint density at radius 1 is 2.00 bits per heavy atom. The highest BCUT2D eigenvalue weighted by Crippen LogP contribution is 1.65. The number of rotatable bonds is 0. The standard InChI is InChI=1S/C3H6B/c1-3(2)4/h4H,1H2,2H3. The lowest BCUT2D eigenvalue weighted by Gasteiger charge is -1.64. The minimum Gasteiger partial charge on any atom is -0.124 e. The van der Waals surface area contributed by atoms with E-state index >= 15 is 0 Å². The lowest BCUT2D eigenvalue weighted by Crippen LogP contribution is -1.56. The molecule has 0 amide bonds. The molecule has 0 aromatic heterocycles. The highest BCUT2D eigenvalue weighted by Gasteiger charge is 1.53. The second-order valence-electron chi connectivity index (χ2n) is 0.957. The van der Waals surface area contributed by atoms with Crippen LogP contribution in [-0.2, 0) is 0 Å². The minimum atomic E-state index is 0.917. The van der Waals surface area contributed by atoms with Crippen molar-refractivity contribution in [2.45, 2.75) is 6.92 Å². The van der Waals surface area contributed by atoms with E-state index in [0.29, 0.717) is 0 Å². The summed E-state index contributed by atoms with van der Waals surface area (Å²) in [7, 11) is 3.44. The van der Waals surface area contributed by atoms with E-state index in [0.717, 1.165) is 5.47 Å². The van der Waals surface area contributed by atoms with Gasteiger partial charge in [0.2, 0.25) is 0 Å². The zero-order chi connectivity index (χ0) is 3.58. The second-order valence-corrected chi connectivity index (χ2v) is 0.957. The molecule has 0 saturated carbocycles. The predicted octanol–water partition coefficient (Wildman–Crippen LogP) is 0.421. The molecule has 0 aromatic carbocycles. The van der Waals surface area contributed by atoms with Gasteiger partial charge >= 0.3 is 0 Å². The van der Waals surface area contributed by atoms with E-state index < -0.39 is 0 Å². The molecule has 0 heterocycles. The van der Waals surface area contributed by atoms with Crippen molar-refractivity contribution >= 4 is 7.85 Å². The maximum atomic E-state index is 3.44. The highest BCUT2D eigenvalue weighted by molar-refractivity contribution is 6.20. The molecule has 1 radical (unpaired) electrons. The van der Waals surface area contributed by atoms with Crippen molar-refractivity contribution in [3.63, 3.8) is 0 Å². The van der Waals surface area contributed by atoms with Crippen molar-refractivity contribution in [1.82, 2.24) is 0 Å². The molecule has 0 unspecified atom stereocenters. The number of allylic oxidation sites excluding steroid dienone is 1. The van der Waals surface area contributed by atoms with E-state index in [9.17, 15) is 0 Å². The van der Waals surface area contributed by atoms with Crippen molar-refractivity contribution < 1.29 is 0 Å². The van der Waals surface area contributed by atoms with E-state index in [2.05, 4.69) is 14.4 Å². The summed E-state index contributed by atoms with van der Waals surface area (Å²) >= 11 is 0. The minimum absolute atomic E-state index is 0.917. The summed E-state index contributed by atoms with van der Waals surface area (Å²) in [5.41, 5.74) is 0.917. The Balaban J connectivity index is 2.80. The summed E-state index contributed by atoms with van der Waals surface area (Å²) < 4.78 is 0. The Bertz CT molecular complexity index is 26.3. The molecular formula is C3H6B. The first-order valence-corrected chi connectivity index (χ1v) is 1.21. The third kappa shape index (κ3) is 30.7. The molecule has 0 spiro atoms. The van der Waals surface area contributed by atoms with E-state index in [4.69, 9.17) is 0 Å². The summed E-state index contributed by atoms with van der Waals surface area (Å²) in [5, 5.41) is 0. The fourth-order valence-corrected chi connectivity index (χ4v) is 0. The summed E-state index contributed by atoms with van der Waals surface area (Å²) in [6.45, 7) is 5.31. The Labute approximate surface area is 27.9 Å². The first kappa shape index (κ1) is 3.80. The summed E-state index contributed by atoms with van der Waals surface area (Å²) in [6, 6.07) is 0.